The molecule has 0 atom stereocenters. The van der Waals surface area contributed by atoms with Crippen LogP contribution in [0.2, 0.25) is 0 Å². The molecule has 0 aliphatic heterocycles. The number of nitrogens with one attached hydrogen (secondary N) is 1. The van der Waals surface area contributed by atoms with Crippen LogP contribution in [0.4, 0.5) is 0 Å². The molecule has 8 heavy (non-hydrogen) atoms. The van der Waals surface area contributed by atoms with E-state index in [0.717, 1.165) is 6.26 Å². The number of hydrazine groups is 1. The minimum absolute atomic E-state index is 0. The molecule has 0 aromatic heterocycles. The Bertz CT molecular complexity index is 153. The lowest BCUT2D eigenvalue weighted by Gasteiger charge is -2.07. The fourth-order valence-electron chi connectivity index (χ4n) is 0.332. The SMILES string of the molecule is CN(C)NS(C)(=O)=O.[HH]. The van der Waals surface area contributed by atoms with Crippen molar-refractivity contribution in [2.75, 3.05) is 20.4 Å². The van der Waals surface area contributed by atoms with Crippen molar-refractivity contribution in [3.63, 3.8) is 0 Å². The lowest BCUT2D eigenvalue weighted by Crippen LogP contribution is -2.35. The van der Waals surface area contributed by atoms with Gasteiger partial charge in [-0.15, -0.1) is 4.83 Å². The van der Waals surface area contributed by atoms with Gasteiger partial charge in [0.25, 0.3) is 0 Å². The van der Waals surface area contributed by atoms with Crippen LogP contribution < -0.4 is 4.83 Å². The van der Waals surface area contributed by atoms with E-state index in [0.29, 0.717) is 0 Å². The number of hydrogen-bond donors (Lipinski definition) is 1. The van der Waals surface area contributed by atoms with Crippen LogP contribution in [0.3, 0.4) is 0 Å². The normalized spacial score (nSPS) is 12.5. The van der Waals surface area contributed by atoms with Crippen molar-refractivity contribution in [3.8, 4) is 0 Å². The van der Waals surface area contributed by atoms with Gasteiger partial charge in [0, 0.05) is 15.5 Å². The zero-order valence-corrected chi connectivity index (χ0v) is 5.99. The van der Waals surface area contributed by atoms with Crippen molar-refractivity contribution >= 4 is 10.0 Å². The molecule has 5 heteroatoms. The molecule has 0 bridgehead atoms. The summed E-state index contributed by atoms with van der Waals surface area (Å²) in [4.78, 5) is 2.19. The van der Waals surface area contributed by atoms with Gasteiger partial charge in [-0.05, 0) is 0 Å². The minimum atomic E-state index is -3.05. The number of hydrogen-bond acceptors (Lipinski definition) is 3. The average molecular weight is 140 g/mol. The van der Waals surface area contributed by atoms with Crippen LogP contribution in [0, 0.1) is 0 Å². The maximum atomic E-state index is 10.3. The van der Waals surface area contributed by atoms with Crippen LogP contribution in [-0.2, 0) is 10.0 Å². The van der Waals surface area contributed by atoms with E-state index in [-0.39, 0.29) is 1.43 Å². The van der Waals surface area contributed by atoms with E-state index in [4.69, 9.17) is 0 Å². The second kappa shape index (κ2) is 2.43. The Labute approximate surface area is 51.0 Å². The van der Waals surface area contributed by atoms with Crippen molar-refractivity contribution in [2.45, 2.75) is 0 Å². The van der Waals surface area contributed by atoms with Gasteiger partial charge in [-0.1, -0.05) is 0 Å². The van der Waals surface area contributed by atoms with Gasteiger partial charge >= 0.3 is 0 Å². The van der Waals surface area contributed by atoms with E-state index < -0.39 is 10.0 Å². The molecular formula is C3H12N2O2S. The largest absolute Gasteiger partial charge is 0.237 e. The number of sulfonamides is 1. The van der Waals surface area contributed by atoms with Crippen LogP contribution in [0.1, 0.15) is 1.43 Å². The molecule has 0 spiro atoms. The third-order valence-electron chi connectivity index (χ3n) is 0.348. The maximum Gasteiger partial charge on any atom is 0.221 e. The van der Waals surface area contributed by atoms with E-state index in [9.17, 15) is 8.42 Å². The molecule has 0 aromatic rings. The summed E-state index contributed by atoms with van der Waals surface area (Å²) in [7, 11) is 0.177. The molecule has 0 aliphatic carbocycles. The number of rotatable bonds is 2. The summed E-state index contributed by atoms with van der Waals surface area (Å²) < 4.78 is 20.6. The molecule has 1 N–H and O–H groups in total. The van der Waals surface area contributed by atoms with Gasteiger partial charge in [0.05, 0.1) is 6.26 Å². The van der Waals surface area contributed by atoms with Crippen molar-refractivity contribution in [1.82, 2.24) is 9.84 Å². The molecule has 0 saturated heterocycles. The summed E-state index contributed by atoms with van der Waals surface area (Å²) in [5.41, 5.74) is 0. The molecule has 0 aliphatic rings. The van der Waals surface area contributed by atoms with E-state index in [2.05, 4.69) is 4.83 Å². The third kappa shape index (κ3) is 5.87. The van der Waals surface area contributed by atoms with Crippen molar-refractivity contribution < 1.29 is 9.84 Å². The van der Waals surface area contributed by atoms with Crippen LogP contribution >= 0.6 is 0 Å². The Kier molecular flexibility index (Phi) is 2.39. The Morgan fingerprint density at radius 1 is 1.50 bits per heavy atom. The Balaban J connectivity index is 0. The van der Waals surface area contributed by atoms with E-state index in [1.54, 1.807) is 14.1 Å². The average Bonchev–Trinajstić information content (AvgIpc) is 1.21. The highest BCUT2D eigenvalue weighted by Gasteiger charge is 1.98. The quantitative estimate of drug-likeness (QED) is 0.514. The Hall–Kier alpha value is -0.130. The minimum Gasteiger partial charge on any atom is -0.237 e. The van der Waals surface area contributed by atoms with E-state index in [1.807, 2.05) is 0 Å². The van der Waals surface area contributed by atoms with Gasteiger partial charge in [0.2, 0.25) is 10.0 Å². The van der Waals surface area contributed by atoms with Gasteiger partial charge in [0.1, 0.15) is 0 Å². The number of nitrogens with zero attached hydrogens (tertiary/aromatic N) is 1. The molecule has 0 rings (SSSR count). The lowest BCUT2D eigenvalue weighted by atomic mass is 11.2. The van der Waals surface area contributed by atoms with Gasteiger partial charge in [-0.3, -0.25) is 0 Å². The fourth-order valence-corrected chi connectivity index (χ4v) is 0.995. The first kappa shape index (κ1) is 7.87. The van der Waals surface area contributed by atoms with Gasteiger partial charge in [-0.2, -0.15) is 0 Å². The fraction of sp³-hybridized carbons (Fsp3) is 1.00. The summed E-state index contributed by atoms with van der Waals surface area (Å²) in [6.45, 7) is 0. The zero-order valence-electron chi connectivity index (χ0n) is 5.17. The first-order chi connectivity index (χ1) is 3.42. The second-order valence-electron chi connectivity index (χ2n) is 1.76. The predicted molar refractivity (Wildman–Crippen MR) is 33.8 cm³/mol. The Morgan fingerprint density at radius 3 is 1.88 bits per heavy atom. The summed E-state index contributed by atoms with van der Waals surface area (Å²) in [5, 5.41) is 1.37. The highest BCUT2D eigenvalue weighted by atomic mass is 32.2. The highest BCUT2D eigenvalue weighted by Crippen LogP contribution is 1.72. The molecule has 0 amide bonds. The van der Waals surface area contributed by atoms with Crippen LogP contribution in [0.5, 0.6) is 0 Å². The summed E-state index contributed by atoms with van der Waals surface area (Å²) in [6, 6.07) is 0. The summed E-state index contributed by atoms with van der Waals surface area (Å²) >= 11 is 0. The van der Waals surface area contributed by atoms with Crippen molar-refractivity contribution in [1.29, 1.82) is 0 Å². The summed E-state index contributed by atoms with van der Waals surface area (Å²) in [6.07, 6.45) is 1.10. The maximum absolute atomic E-state index is 10.3. The van der Waals surface area contributed by atoms with E-state index >= 15 is 0 Å². The van der Waals surface area contributed by atoms with Crippen molar-refractivity contribution in [2.24, 2.45) is 0 Å². The standard InChI is InChI=1S/C3H10N2O2S.H2/c1-5(2)4-8(3,6)7;/h4H,1-3H3;1H. The topological polar surface area (TPSA) is 49.4 Å². The lowest BCUT2D eigenvalue weighted by molar-refractivity contribution is 0.365. The van der Waals surface area contributed by atoms with Gasteiger partial charge in [0.15, 0.2) is 0 Å². The highest BCUT2D eigenvalue weighted by molar-refractivity contribution is 7.88. The van der Waals surface area contributed by atoms with Crippen LogP contribution in [0.25, 0.3) is 0 Å². The smallest absolute Gasteiger partial charge is 0.221 e. The first-order valence-corrected chi connectivity index (χ1v) is 3.96. The second-order valence-corrected chi connectivity index (χ2v) is 3.48. The predicted octanol–water partition coefficient (Wildman–Crippen LogP) is -0.742. The monoisotopic (exact) mass is 140 g/mol. The molecular weight excluding hydrogens is 128 g/mol. The molecule has 0 radical (unpaired) electrons. The molecule has 52 valence electrons. The van der Waals surface area contributed by atoms with Gasteiger partial charge in [-0.25, -0.2) is 13.4 Å². The third-order valence-corrected chi connectivity index (χ3v) is 1.05. The van der Waals surface area contributed by atoms with Crippen LogP contribution in [-0.4, -0.2) is 33.8 Å². The van der Waals surface area contributed by atoms with Gasteiger partial charge < -0.3 is 0 Å². The molecule has 0 unspecified atom stereocenters. The summed E-state index contributed by atoms with van der Waals surface area (Å²) in [5.74, 6) is 0. The molecule has 0 saturated carbocycles. The molecule has 0 aromatic carbocycles. The molecule has 0 heterocycles. The van der Waals surface area contributed by atoms with Crippen molar-refractivity contribution in [3.05, 3.63) is 0 Å². The molecule has 4 nitrogen and oxygen atoms in total. The zero-order chi connectivity index (χ0) is 6.78. The first-order valence-electron chi connectivity index (χ1n) is 2.06. The Morgan fingerprint density at radius 2 is 1.88 bits per heavy atom. The molecule has 0 fully saturated rings. The van der Waals surface area contributed by atoms with Crippen LogP contribution in [0.15, 0.2) is 0 Å². The van der Waals surface area contributed by atoms with E-state index in [1.165, 1.54) is 5.01 Å².